The number of carbonyl (C=O) groups is 5. The highest BCUT2D eigenvalue weighted by molar-refractivity contribution is 5.74. The number of ether oxygens (including phenoxy) is 5. The number of hydrogen-bond acceptors (Lipinski definition) is 11. The number of rotatable bonds is 6. The van der Waals surface area contributed by atoms with E-state index in [0.717, 1.165) is 34.6 Å². The second kappa shape index (κ2) is 9.46. The van der Waals surface area contributed by atoms with Gasteiger partial charge in [-0.25, -0.2) is 0 Å². The predicted molar refractivity (Wildman–Crippen MR) is 86.9 cm³/mol. The molecule has 5 atom stereocenters. The zero-order valence-electron chi connectivity index (χ0n) is 16.0. The van der Waals surface area contributed by atoms with Crippen LogP contribution in [-0.4, -0.2) is 71.8 Å². The van der Waals surface area contributed by atoms with Crippen LogP contribution in [0.2, 0.25) is 0 Å². The highest BCUT2D eigenvalue weighted by Crippen LogP contribution is 2.33. The summed E-state index contributed by atoms with van der Waals surface area (Å²) in [6, 6.07) is 0. The smallest absolute Gasteiger partial charge is 0.305 e. The number of esters is 4. The van der Waals surface area contributed by atoms with Gasteiger partial charge in [-0.1, -0.05) is 0 Å². The van der Waals surface area contributed by atoms with Gasteiger partial charge in [-0.15, -0.1) is 0 Å². The summed E-state index contributed by atoms with van der Waals surface area (Å²) in [5.41, 5.74) is -2.60. The van der Waals surface area contributed by atoms with Crippen molar-refractivity contribution in [3.63, 3.8) is 0 Å². The summed E-state index contributed by atoms with van der Waals surface area (Å²) in [6.45, 7) is 4.74. The molecule has 0 aromatic carbocycles. The van der Waals surface area contributed by atoms with Crippen molar-refractivity contribution in [1.29, 1.82) is 0 Å². The molecule has 0 aromatic rings. The molecule has 1 amide bonds. The van der Waals surface area contributed by atoms with Crippen molar-refractivity contribution >= 4 is 29.8 Å². The quantitative estimate of drug-likeness (QED) is 0.301. The van der Waals surface area contributed by atoms with Gasteiger partial charge in [-0.3, -0.25) is 24.0 Å². The van der Waals surface area contributed by atoms with Gasteiger partial charge in [0.2, 0.25) is 11.6 Å². The second-order valence-corrected chi connectivity index (χ2v) is 6.03. The van der Waals surface area contributed by atoms with Crippen molar-refractivity contribution in [2.24, 2.45) is 0 Å². The van der Waals surface area contributed by atoms with Crippen LogP contribution in [0.25, 0.3) is 0 Å². The van der Waals surface area contributed by atoms with E-state index in [4.69, 9.17) is 23.7 Å². The van der Waals surface area contributed by atoms with E-state index in [1.807, 2.05) is 0 Å². The highest BCUT2D eigenvalue weighted by Gasteiger charge is 2.61. The average molecular weight is 405 g/mol. The molecule has 0 radical (unpaired) electrons. The number of amides is 1. The third-order valence-corrected chi connectivity index (χ3v) is 3.45. The van der Waals surface area contributed by atoms with Crippen LogP contribution < -0.4 is 5.32 Å². The SMILES string of the molecule is CC(=O)N[C@]1(O)[C@@H](OC(C)=O)O[C@H](COC(C)=O)[C@H](OC(C)=O)[C@@H]1OC(C)=O. The van der Waals surface area contributed by atoms with Gasteiger partial charge in [0.15, 0.2) is 12.2 Å². The van der Waals surface area contributed by atoms with Crippen molar-refractivity contribution in [2.75, 3.05) is 6.61 Å². The van der Waals surface area contributed by atoms with Gasteiger partial charge < -0.3 is 34.1 Å². The molecule has 1 fully saturated rings. The summed E-state index contributed by atoms with van der Waals surface area (Å²) >= 11 is 0. The van der Waals surface area contributed by atoms with Crippen molar-refractivity contribution in [3.8, 4) is 0 Å². The fraction of sp³-hybridized carbons (Fsp3) is 0.688. The monoisotopic (exact) mass is 405 g/mol. The molecule has 0 bridgehead atoms. The minimum absolute atomic E-state index is 0.487. The number of aliphatic hydroxyl groups is 1. The Labute approximate surface area is 160 Å². The maximum Gasteiger partial charge on any atom is 0.305 e. The van der Waals surface area contributed by atoms with Crippen molar-refractivity contribution in [1.82, 2.24) is 5.32 Å². The number of carbonyl (C=O) groups excluding carboxylic acids is 5. The Morgan fingerprint density at radius 1 is 0.893 bits per heavy atom. The van der Waals surface area contributed by atoms with E-state index in [-0.39, 0.29) is 0 Å². The lowest BCUT2D eigenvalue weighted by atomic mass is 9.92. The van der Waals surface area contributed by atoms with Crippen molar-refractivity contribution in [2.45, 2.75) is 64.9 Å². The zero-order chi connectivity index (χ0) is 21.6. The maximum absolute atomic E-state index is 11.6. The molecule has 0 spiro atoms. The maximum atomic E-state index is 11.6. The summed E-state index contributed by atoms with van der Waals surface area (Å²) in [6.07, 6.45) is -6.43. The molecule has 1 heterocycles. The fourth-order valence-electron chi connectivity index (χ4n) is 2.60. The minimum atomic E-state index is -2.60. The van der Waals surface area contributed by atoms with Gasteiger partial charge in [0, 0.05) is 34.6 Å². The van der Waals surface area contributed by atoms with E-state index < -0.39 is 66.7 Å². The lowest BCUT2D eigenvalue weighted by Gasteiger charge is -2.48. The summed E-state index contributed by atoms with van der Waals surface area (Å²) in [5.74, 6) is -4.12. The topological polar surface area (TPSA) is 164 Å². The molecule has 1 aliphatic heterocycles. The molecule has 0 saturated carbocycles. The molecular weight excluding hydrogens is 382 g/mol. The van der Waals surface area contributed by atoms with Crippen LogP contribution in [0.15, 0.2) is 0 Å². The molecule has 28 heavy (non-hydrogen) atoms. The van der Waals surface area contributed by atoms with Crippen LogP contribution >= 0.6 is 0 Å². The van der Waals surface area contributed by atoms with Crippen LogP contribution in [0.5, 0.6) is 0 Å². The average Bonchev–Trinajstić information content (AvgIpc) is 2.50. The number of nitrogens with one attached hydrogen (secondary N) is 1. The first-order valence-corrected chi connectivity index (χ1v) is 8.18. The van der Waals surface area contributed by atoms with Crippen LogP contribution in [0, 0.1) is 0 Å². The molecule has 0 aliphatic carbocycles. The Hall–Kier alpha value is -2.73. The first-order chi connectivity index (χ1) is 12.9. The zero-order valence-corrected chi connectivity index (χ0v) is 16.0. The van der Waals surface area contributed by atoms with Crippen LogP contribution in [0.4, 0.5) is 0 Å². The second-order valence-electron chi connectivity index (χ2n) is 6.03. The summed E-state index contributed by atoms with van der Waals surface area (Å²) in [7, 11) is 0. The summed E-state index contributed by atoms with van der Waals surface area (Å²) < 4.78 is 25.4. The lowest BCUT2D eigenvalue weighted by molar-refractivity contribution is -0.340. The molecule has 2 N–H and O–H groups in total. The van der Waals surface area contributed by atoms with Crippen molar-refractivity contribution < 1.29 is 52.8 Å². The number of hydrogen-bond donors (Lipinski definition) is 2. The fourth-order valence-corrected chi connectivity index (χ4v) is 2.60. The van der Waals surface area contributed by atoms with Crippen molar-refractivity contribution in [3.05, 3.63) is 0 Å². The van der Waals surface area contributed by atoms with E-state index in [2.05, 4.69) is 5.32 Å². The Morgan fingerprint density at radius 2 is 1.43 bits per heavy atom. The van der Waals surface area contributed by atoms with E-state index >= 15 is 0 Å². The third-order valence-electron chi connectivity index (χ3n) is 3.45. The molecule has 1 aliphatic rings. The van der Waals surface area contributed by atoms with E-state index in [1.54, 1.807) is 0 Å². The Balaban J connectivity index is 3.44. The lowest BCUT2D eigenvalue weighted by Crippen LogP contribution is -2.75. The first kappa shape index (κ1) is 23.3. The standard InChI is InChI=1S/C16H23NO11/c1-7(18)17-16(23)14(26-10(4)21)13(25-9(3)20)12(6-24-8(2)19)28-15(16)27-11(5)22/h12-15,23H,6H2,1-5H3,(H,17,18)/t12-,13+,14+,15+,16-/m1/s1. The largest absolute Gasteiger partial charge is 0.463 e. The highest BCUT2D eigenvalue weighted by atomic mass is 16.7. The first-order valence-electron chi connectivity index (χ1n) is 8.18. The normalized spacial score (nSPS) is 29.2. The molecular formula is C16H23NO11. The molecule has 12 nitrogen and oxygen atoms in total. The van der Waals surface area contributed by atoms with Gasteiger partial charge in [-0.05, 0) is 0 Å². The molecule has 1 saturated heterocycles. The Kier molecular flexibility index (Phi) is 7.88. The van der Waals surface area contributed by atoms with Gasteiger partial charge >= 0.3 is 23.9 Å². The Morgan fingerprint density at radius 3 is 1.86 bits per heavy atom. The molecule has 158 valence electrons. The van der Waals surface area contributed by atoms with Gasteiger partial charge in [0.25, 0.3) is 6.29 Å². The van der Waals surface area contributed by atoms with Gasteiger partial charge in [0.1, 0.15) is 12.7 Å². The summed E-state index contributed by atoms with van der Waals surface area (Å²) in [5, 5.41) is 13.1. The molecule has 0 aromatic heterocycles. The van der Waals surface area contributed by atoms with Crippen LogP contribution in [-0.2, 0) is 47.7 Å². The molecule has 12 heteroatoms. The van der Waals surface area contributed by atoms with E-state index in [0.29, 0.717) is 0 Å². The molecule has 1 rings (SSSR count). The van der Waals surface area contributed by atoms with E-state index in [9.17, 15) is 29.1 Å². The van der Waals surface area contributed by atoms with E-state index in [1.165, 1.54) is 0 Å². The predicted octanol–water partition coefficient (Wildman–Crippen LogP) is -1.47. The minimum Gasteiger partial charge on any atom is -0.463 e. The van der Waals surface area contributed by atoms with Gasteiger partial charge in [0.05, 0.1) is 0 Å². The Bertz CT molecular complexity index is 649. The summed E-state index contributed by atoms with van der Waals surface area (Å²) in [4.78, 5) is 57.3. The van der Waals surface area contributed by atoms with Crippen LogP contribution in [0.1, 0.15) is 34.6 Å². The van der Waals surface area contributed by atoms with Gasteiger partial charge in [-0.2, -0.15) is 0 Å². The van der Waals surface area contributed by atoms with Crippen LogP contribution in [0.3, 0.4) is 0 Å². The molecule has 0 unspecified atom stereocenters. The third kappa shape index (κ3) is 6.16.